The van der Waals surface area contributed by atoms with Gasteiger partial charge in [-0.05, 0) is 35.9 Å². The average molecular weight is 255 g/mol. The zero-order chi connectivity index (χ0) is 13.2. The number of aromatic amines is 2. The molecule has 19 heavy (non-hydrogen) atoms. The number of anilines is 1. The summed E-state index contributed by atoms with van der Waals surface area (Å²) >= 11 is 0. The lowest BCUT2D eigenvalue weighted by molar-refractivity contribution is 0.474. The molecule has 1 aromatic heterocycles. The molecular formula is C14H13N3O2. The summed E-state index contributed by atoms with van der Waals surface area (Å²) in [4.78, 5) is 16.6. The normalized spacial score (nSPS) is 10.7. The molecule has 4 N–H and O–H groups in total. The fraction of sp³-hybridized carbons (Fsp3) is 0.0714. The minimum absolute atomic E-state index is 0.208. The smallest absolute Gasteiger partial charge is 0.323 e. The molecule has 0 aliphatic heterocycles. The van der Waals surface area contributed by atoms with Crippen LogP contribution in [0.15, 0.2) is 47.3 Å². The summed E-state index contributed by atoms with van der Waals surface area (Å²) in [6.45, 7) is 0.606. The number of aromatic nitrogens is 2. The summed E-state index contributed by atoms with van der Waals surface area (Å²) in [6.07, 6.45) is 0. The number of benzene rings is 2. The van der Waals surface area contributed by atoms with Crippen molar-refractivity contribution in [2.75, 3.05) is 5.32 Å². The summed E-state index contributed by atoms with van der Waals surface area (Å²) < 4.78 is 0. The molecule has 0 bridgehead atoms. The molecule has 5 nitrogen and oxygen atoms in total. The van der Waals surface area contributed by atoms with Crippen molar-refractivity contribution in [3.63, 3.8) is 0 Å². The van der Waals surface area contributed by atoms with Gasteiger partial charge < -0.3 is 20.4 Å². The molecule has 1 heterocycles. The van der Waals surface area contributed by atoms with Crippen LogP contribution in [0.3, 0.4) is 0 Å². The van der Waals surface area contributed by atoms with E-state index in [0.29, 0.717) is 6.54 Å². The number of rotatable bonds is 3. The molecule has 0 saturated heterocycles. The van der Waals surface area contributed by atoms with Crippen LogP contribution >= 0.6 is 0 Å². The number of nitrogens with one attached hydrogen (secondary N) is 3. The van der Waals surface area contributed by atoms with E-state index >= 15 is 0 Å². The zero-order valence-corrected chi connectivity index (χ0v) is 10.1. The molecule has 5 heteroatoms. The van der Waals surface area contributed by atoms with Crippen molar-refractivity contribution < 1.29 is 5.11 Å². The van der Waals surface area contributed by atoms with E-state index in [1.165, 1.54) is 0 Å². The zero-order valence-electron chi connectivity index (χ0n) is 10.1. The molecule has 3 rings (SSSR count). The fourth-order valence-electron chi connectivity index (χ4n) is 2.01. The second-order valence-corrected chi connectivity index (χ2v) is 4.36. The first kappa shape index (κ1) is 11.4. The number of phenols is 1. The summed E-state index contributed by atoms with van der Waals surface area (Å²) in [5.74, 6) is 0.254. The highest BCUT2D eigenvalue weighted by Gasteiger charge is 2.00. The monoisotopic (exact) mass is 255 g/mol. The summed E-state index contributed by atoms with van der Waals surface area (Å²) in [6, 6.07) is 12.7. The van der Waals surface area contributed by atoms with Gasteiger partial charge in [0.25, 0.3) is 0 Å². The Morgan fingerprint density at radius 1 is 1.05 bits per heavy atom. The Balaban J connectivity index is 1.79. The topological polar surface area (TPSA) is 80.9 Å². The first-order valence-corrected chi connectivity index (χ1v) is 5.94. The molecular weight excluding hydrogens is 242 g/mol. The van der Waals surface area contributed by atoms with Crippen LogP contribution in [-0.2, 0) is 6.54 Å². The Morgan fingerprint density at radius 2 is 1.89 bits per heavy atom. The average Bonchev–Trinajstić information content (AvgIpc) is 2.75. The predicted octanol–water partition coefficient (Wildman–Crippen LogP) is 2.17. The molecule has 96 valence electrons. The highest BCUT2D eigenvalue weighted by Crippen LogP contribution is 2.16. The summed E-state index contributed by atoms with van der Waals surface area (Å²) in [7, 11) is 0. The number of hydrogen-bond donors (Lipinski definition) is 4. The third-order valence-corrected chi connectivity index (χ3v) is 2.92. The van der Waals surface area contributed by atoms with Gasteiger partial charge in [-0.3, -0.25) is 0 Å². The maximum Gasteiger partial charge on any atom is 0.323 e. The van der Waals surface area contributed by atoms with Gasteiger partial charge in [0, 0.05) is 12.2 Å². The quantitative estimate of drug-likeness (QED) is 0.579. The SMILES string of the molecule is O=c1[nH]c2ccc(NCc3cccc(O)c3)cc2[nH]1. The number of hydrogen-bond acceptors (Lipinski definition) is 3. The number of fused-ring (bicyclic) bond motifs is 1. The molecule has 0 fully saturated rings. The van der Waals surface area contributed by atoms with Gasteiger partial charge in [0.15, 0.2) is 0 Å². The highest BCUT2D eigenvalue weighted by molar-refractivity contribution is 5.78. The minimum atomic E-state index is -0.208. The molecule has 0 spiro atoms. The largest absolute Gasteiger partial charge is 0.508 e. The molecule has 2 aromatic carbocycles. The van der Waals surface area contributed by atoms with Crippen LogP contribution in [0.4, 0.5) is 5.69 Å². The minimum Gasteiger partial charge on any atom is -0.508 e. The predicted molar refractivity (Wildman–Crippen MR) is 74.4 cm³/mol. The second-order valence-electron chi connectivity index (χ2n) is 4.36. The van der Waals surface area contributed by atoms with Gasteiger partial charge in [-0.2, -0.15) is 0 Å². The van der Waals surface area contributed by atoms with Crippen LogP contribution in [0.1, 0.15) is 5.56 Å². The van der Waals surface area contributed by atoms with Crippen molar-refractivity contribution in [2.24, 2.45) is 0 Å². The number of imidazole rings is 1. The van der Waals surface area contributed by atoms with E-state index in [4.69, 9.17) is 0 Å². The lowest BCUT2D eigenvalue weighted by atomic mass is 10.2. The molecule has 0 aliphatic carbocycles. The standard InChI is InChI=1S/C14H13N3O2/c18-11-3-1-2-9(6-11)8-15-10-4-5-12-13(7-10)17-14(19)16-12/h1-7,15,18H,8H2,(H2,16,17,19). The molecule has 0 saturated carbocycles. The molecule has 0 atom stereocenters. The molecule has 0 amide bonds. The first-order valence-electron chi connectivity index (χ1n) is 5.94. The molecule has 0 aliphatic rings. The van der Waals surface area contributed by atoms with Gasteiger partial charge in [0.05, 0.1) is 11.0 Å². The third-order valence-electron chi connectivity index (χ3n) is 2.92. The highest BCUT2D eigenvalue weighted by atomic mass is 16.3. The summed E-state index contributed by atoms with van der Waals surface area (Å²) in [5, 5.41) is 12.6. The van der Waals surface area contributed by atoms with E-state index in [0.717, 1.165) is 22.3 Å². The van der Waals surface area contributed by atoms with Crippen LogP contribution < -0.4 is 11.0 Å². The second kappa shape index (κ2) is 4.53. The van der Waals surface area contributed by atoms with Gasteiger partial charge in [0.1, 0.15) is 5.75 Å². The number of H-pyrrole nitrogens is 2. The van der Waals surface area contributed by atoms with E-state index in [9.17, 15) is 9.90 Å². The van der Waals surface area contributed by atoms with E-state index in [2.05, 4.69) is 15.3 Å². The van der Waals surface area contributed by atoms with Crippen molar-refractivity contribution in [3.8, 4) is 5.75 Å². The van der Waals surface area contributed by atoms with E-state index in [-0.39, 0.29) is 11.4 Å². The Hall–Kier alpha value is -2.69. The summed E-state index contributed by atoms with van der Waals surface area (Å²) in [5.41, 5.74) is 3.24. The van der Waals surface area contributed by atoms with Crippen LogP contribution in [-0.4, -0.2) is 15.1 Å². The van der Waals surface area contributed by atoms with Crippen LogP contribution in [0.25, 0.3) is 11.0 Å². The number of aromatic hydroxyl groups is 1. The fourth-order valence-corrected chi connectivity index (χ4v) is 2.01. The molecule has 0 unspecified atom stereocenters. The molecule has 3 aromatic rings. The van der Waals surface area contributed by atoms with Gasteiger partial charge in [-0.15, -0.1) is 0 Å². The maximum absolute atomic E-state index is 11.2. The molecule has 0 radical (unpaired) electrons. The van der Waals surface area contributed by atoms with E-state index < -0.39 is 0 Å². The van der Waals surface area contributed by atoms with Crippen molar-refractivity contribution >= 4 is 16.7 Å². The Bertz CT molecular complexity index is 773. The van der Waals surface area contributed by atoms with Crippen molar-refractivity contribution in [1.82, 2.24) is 9.97 Å². The maximum atomic E-state index is 11.2. The van der Waals surface area contributed by atoms with Crippen molar-refractivity contribution in [1.29, 1.82) is 0 Å². The van der Waals surface area contributed by atoms with Gasteiger partial charge in [0.2, 0.25) is 0 Å². The first-order chi connectivity index (χ1) is 9.20. The Kier molecular flexibility index (Phi) is 2.72. The lowest BCUT2D eigenvalue weighted by Crippen LogP contribution is -1.99. The van der Waals surface area contributed by atoms with Crippen molar-refractivity contribution in [3.05, 3.63) is 58.5 Å². The Labute approximate surface area is 108 Å². The van der Waals surface area contributed by atoms with Crippen LogP contribution in [0.2, 0.25) is 0 Å². The van der Waals surface area contributed by atoms with E-state index in [1.807, 2.05) is 24.3 Å². The van der Waals surface area contributed by atoms with Crippen LogP contribution in [0, 0.1) is 0 Å². The van der Waals surface area contributed by atoms with Gasteiger partial charge >= 0.3 is 5.69 Å². The Morgan fingerprint density at radius 3 is 2.74 bits per heavy atom. The van der Waals surface area contributed by atoms with Crippen LogP contribution in [0.5, 0.6) is 5.75 Å². The van der Waals surface area contributed by atoms with Gasteiger partial charge in [-0.1, -0.05) is 12.1 Å². The van der Waals surface area contributed by atoms with Crippen molar-refractivity contribution in [2.45, 2.75) is 6.54 Å². The lowest BCUT2D eigenvalue weighted by Gasteiger charge is -2.06. The third kappa shape index (κ3) is 2.44. The number of phenolic OH excluding ortho intramolecular Hbond substituents is 1. The van der Waals surface area contributed by atoms with Gasteiger partial charge in [-0.25, -0.2) is 4.79 Å². The van der Waals surface area contributed by atoms with E-state index in [1.54, 1.807) is 18.2 Å².